The molecule has 0 heterocycles. The van der Waals surface area contributed by atoms with Crippen molar-refractivity contribution in [2.24, 2.45) is 5.92 Å². The second-order valence-corrected chi connectivity index (χ2v) is 6.59. The molecular formula is C20H21ClO4. The van der Waals surface area contributed by atoms with Crippen LogP contribution in [0.3, 0.4) is 0 Å². The molecular weight excluding hydrogens is 340 g/mol. The molecule has 132 valence electrons. The number of hydrogen-bond donors (Lipinski definition) is 1. The Bertz CT molecular complexity index is 722. The lowest BCUT2D eigenvalue weighted by Gasteiger charge is -2.20. The topological polar surface area (TPSA) is 63.6 Å². The second kappa shape index (κ2) is 8.67. The lowest BCUT2D eigenvalue weighted by molar-refractivity contribution is -0.138. The summed E-state index contributed by atoms with van der Waals surface area (Å²) in [5, 5.41) is 9.47. The lowest BCUT2D eigenvalue weighted by atomic mass is 10.0. The van der Waals surface area contributed by atoms with Crippen LogP contribution in [0.2, 0.25) is 5.02 Å². The summed E-state index contributed by atoms with van der Waals surface area (Å²) in [6, 6.07) is 14.1. The van der Waals surface area contributed by atoms with Gasteiger partial charge in [0.05, 0.1) is 12.5 Å². The van der Waals surface area contributed by atoms with E-state index >= 15 is 0 Å². The van der Waals surface area contributed by atoms with E-state index in [1.807, 2.05) is 26.0 Å². The predicted octanol–water partition coefficient (Wildman–Crippen LogP) is 4.64. The normalized spacial score (nSPS) is 13.1. The molecule has 4 nitrogen and oxygen atoms in total. The smallest absolute Gasteiger partial charge is 0.303 e. The van der Waals surface area contributed by atoms with E-state index in [0.717, 1.165) is 5.56 Å². The third-order valence-electron chi connectivity index (χ3n) is 4.07. The molecule has 2 unspecified atom stereocenters. The zero-order valence-electron chi connectivity index (χ0n) is 14.2. The first-order chi connectivity index (χ1) is 11.8. The number of carbonyl (C=O) groups is 2. The number of rotatable bonds is 8. The van der Waals surface area contributed by atoms with Crippen molar-refractivity contribution in [1.82, 2.24) is 0 Å². The molecule has 0 saturated carbocycles. The zero-order valence-corrected chi connectivity index (χ0v) is 15.0. The fraction of sp³-hybridized carbons (Fsp3) is 0.300. The Morgan fingerprint density at radius 2 is 1.64 bits per heavy atom. The summed E-state index contributed by atoms with van der Waals surface area (Å²) in [6.45, 7) is 3.68. The molecule has 0 aromatic heterocycles. The van der Waals surface area contributed by atoms with Crippen LogP contribution in [0.25, 0.3) is 0 Å². The number of Topliss-reactive ketones (excluding diaryl/α,β-unsaturated/α-hetero) is 1. The van der Waals surface area contributed by atoms with Crippen LogP contribution in [0, 0.1) is 5.92 Å². The Hall–Kier alpha value is -2.33. The molecule has 0 amide bonds. The average molecular weight is 361 g/mol. The first-order valence-electron chi connectivity index (χ1n) is 8.11. The van der Waals surface area contributed by atoms with E-state index in [0.29, 0.717) is 22.8 Å². The largest absolute Gasteiger partial charge is 0.490 e. The number of hydrogen-bond acceptors (Lipinski definition) is 3. The van der Waals surface area contributed by atoms with Gasteiger partial charge in [-0.25, -0.2) is 0 Å². The number of carboxylic acid groups (broad SMARTS) is 1. The summed E-state index contributed by atoms with van der Waals surface area (Å²) in [6.07, 6.45) is 0.133. The molecule has 0 fully saturated rings. The lowest BCUT2D eigenvalue weighted by Crippen LogP contribution is -2.23. The maximum atomic E-state index is 12.3. The summed E-state index contributed by atoms with van der Waals surface area (Å²) in [5.41, 5.74) is 1.51. The van der Waals surface area contributed by atoms with Crippen molar-refractivity contribution < 1.29 is 19.4 Å². The van der Waals surface area contributed by atoms with Gasteiger partial charge in [-0.15, -0.1) is 0 Å². The predicted molar refractivity (Wildman–Crippen MR) is 97.4 cm³/mol. The number of halogens is 1. The molecule has 2 rings (SSSR count). The molecule has 2 aromatic carbocycles. The van der Waals surface area contributed by atoms with E-state index in [1.54, 1.807) is 36.4 Å². The van der Waals surface area contributed by atoms with Gasteiger partial charge in [0.25, 0.3) is 0 Å². The van der Waals surface area contributed by atoms with Crippen molar-refractivity contribution in [3.63, 3.8) is 0 Å². The van der Waals surface area contributed by atoms with Crippen LogP contribution in [0.1, 0.15) is 36.2 Å². The van der Waals surface area contributed by atoms with Crippen molar-refractivity contribution in [3.05, 3.63) is 64.7 Å². The first kappa shape index (κ1) is 19.0. The van der Waals surface area contributed by atoms with Crippen LogP contribution in [0.5, 0.6) is 5.75 Å². The number of ether oxygens (including phenoxy) is 1. The van der Waals surface area contributed by atoms with E-state index in [-0.39, 0.29) is 24.2 Å². The minimum absolute atomic E-state index is 0.0150. The van der Waals surface area contributed by atoms with Gasteiger partial charge in [0.2, 0.25) is 0 Å². The highest BCUT2D eigenvalue weighted by Gasteiger charge is 2.17. The maximum absolute atomic E-state index is 12.3. The van der Waals surface area contributed by atoms with Gasteiger partial charge in [-0.2, -0.15) is 0 Å². The van der Waals surface area contributed by atoms with Crippen molar-refractivity contribution >= 4 is 23.4 Å². The number of ketones is 1. The van der Waals surface area contributed by atoms with Crippen LogP contribution < -0.4 is 4.74 Å². The van der Waals surface area contributed by atoms with E-state index in [2.05, 4.69) is 0 Å². The minimum Gasteiger partial charge on any atom is -0.490 e. The summed E-state index contributed by atoms with van der Waals surface area (Å²) in [5.74, 6) is -0.316. The highest BCUT2D eigenvalue weighted by Crippen LogP contribution is 2.20. The highest BCUT2D eigenvalue weighted by atomic mass is 35.5. The fourth-order valence-corrected chi connectivity index (χ4v) is 2.51. The third-order valence-corrected chi connectivity index (χ3v) is 4.33. The third kappa shape index (κ3) is 5.91. The molecule has 0 radical (unpaired) electrons. The number of carbonyl (C=O) groups excluding carboxylic acids is 1. The van der Waals surface area contributed by atoms with Crippen LogP contribution in [0.4, 0.5) is 0 Å². The van der Waals surface area contributed by atoms with Gasteiger partial charge in [-0.05, 0) is 48.9 Å². The van der Waals surface area contributed by atoms with Gasteiger partial charge in [0.1, 0.15) is 5.75 Å². The Kier molecular flexibility index (Phi) is 6.59. The van der Waals surface area contributed by atoms with Gasteiger partial charge in [0.15, 0.2) is 5.78 Å². The minimum atomic E-state index is -0.842. The zero-order chi connectivity index (χ0) is 18.4. The quantitative estimate of drug-likeness (QED) is 0.696. The van der Waals surface area contributed by atoms with Crippen LogP contribution >= 0.6 is 11.6 Å². The summed E-state index contributed by atoms with van der Waals surface area (Å²) in [7, 11) is 0. The van der Waals surface area contributed by atoms with Gasteiger partial charge in [-0.1, -0.05) is 30.7 Å². The molecule has 1 N–H and O–H groups in total. The van der Waals surface area contributed by atoms with Crippen molar-refractivity contribution in [2.75, 3.05) is 0 Å². The Morgan fingerprint density at radius 3 is 2.20 bits per heavy atom. The van der Waals surface area contributed by atoms with Crippen molar-refractivity contribution in [3.8, 4) is 5.75 Å². The second-order valence-electron chi connectivity index (χ2n) is 6.15. The molecule has 0 aliphatic rings. The van der Waals surface area contributed by atoms with Crippen molar-refractivity contribution in [1.29, 1.82) is 0 Å². The van der Waals surface area contributed by atoms with Crippen LogP contribution in [-0.4, -0.2) is 23.0 Å². The Labute approximate surface area is 152 Å². The Morgan fingerprint density at radius 1 is 1.04 bits per heavy atom. The Balaban J connectivity index is 1.95. The van der Waals surface area contributed by atoms with E-state index in [4.69, 9.17) is 21.4 Å². The summed E-state index contributed by atoms with van der Waals surface area (Å²) in [4.78, 5) is 23.1. The monoisotopic (exact) mass is 360 g/mol. The van der Waals surface area contributed by atoms with Gasteiger partial charge >= 0.3 is 5.97 Å². The molecule has 25 heavy (non-hydrogen) atoms. The highest BCUT2D eigenvalue weighted by molar-refractivity contribution is 6.30. The van der Waals surface area contributed by atoms with E-state index < -0.39 is 5.97 Å². The van der Waals surface area contributed by atoms with Crippen LogP contribution in [-0.2, 0) is 11.2 Å². The van der Waals surface area contributed by atoms with Gasteiger partial charge in [0, 0.05) is 22.9 Å². The van der Waals surface area contributed by atoms with Crippen molar-refractivity contribution in [2.45, 2.75) is 32.8 Å². The molecule has 5 heteroatoms. The SMILES string of the molecule is CC(CC(=O)O)C(C)Oc1ccc(C(=O)Cc2ccc(Cl)cc2)cc1. The van der Waals surface area contributed by atoms with E-state index in [1.165, 1.54) is 0 Å². The fourth-order valence-electron chi connectivity index (χ4n) is 2.38. The number of carboxylic acids is 1. The standard InChI is InChI=1S/C20H21ClO4/c1-13(11-20(23)24)14(2)25-18-9-5-16(6-10-18)19(22)12-15-3-7-17(21)8-4-15/h3-10,13-14H,11-12H2,1-2H3,(H,23,24). The maximum Gasteiger partial charge on any atom is 0.303 e. The first-order valence-corrected chi connectivity index (χ1v) is 8.49. The number of benzene rings is 2. The van der Waals surface area contributed by atoms with Gasteiger partial charge in [-0.3, -0.25) is 9.59 Å². The average Bonchev–Trinajstić information content (AvgIpc) is 2.57. The summed E-state index contributed by atoms with van der Waals surface area (Å²) < 4.78 is 5.75. The van der Waals surface area contributed by atoms with Gasteiger partial charge < -0.3 is 9.84 Å². The van der Waals surface area contributed by atoms with E-state index in [9.17, 15) is 9.59 Å². The molecule has 0 saturated heterocycles. The summed E-state index contributed by atoms with van der Waals surface area (Å²) >= 11 is 5.84. The molecule has 2 aromatic rings. The number of aliphatic carboxylic acids is 1. The van der Waals surface area contributed by atoms with Crippen LogP contribution in [0.15, 0.2) is 48.5 Å². The molecule has 0 aliphatic heterocycles. The molecule has 2 atom stereocenters. The molecule has 0 spiro atoms. The molecule has 0 aliphatic carbocycles. The molecule has 0 bridgehead atoms.